The molecular weight excluding hydrogens is 352 g/mol. The second-order valence-electron chi connectivity index (χ2n) is 8.36. The average molecular weight is 383 g/mol. The molecule has 4 rings (SSSR count). The summed E-state index contributed by atoms with van der Waals surface area (Å²) in [5, 5.41) is 9.15. The first-order valence-corrected chi connectivity index (χ1v) is 10.4. The van der Waals surface area contributed by atoms with Gasteiger partial charge < -0.3 is 19.3 Å². The van der Waals surface area contributed by atoms with Crippen LogP contribution in [0.5, 0.6) is 0 Å². The Morgan fingerprint density at radius 1 is 1.18 bits per heavy atom. The van der Waals surface area contributed by atoms with Crippen LogP contribution in [0.3, 0.4) is 0 Å². The largest absolute Gasteiger partial charge is 0.453 e. The summed E-state index contributed by atoms with van der Waals surface area (Å²) in [5.74, 6) is 1.28. The molecule has 1 unspecified atom stereocenters. The van der Waals surface area contributed by atoms with Crippen molar-refractivity contribution in [1.82, 2.24) is 9.80 Å². The van der Waals surface area contributed by atoms with Gasteiger partial charge in [-0.2, -0.15) is 0 Å². The lowest BCUT2D eigenvalue weighted by molar-refractivity contribution is 0.0146. The SMILES string of the molecule is CCN1CC(c2ccccc2)CC2(CCN(C(=O)c3ccc(CO)o3)CC2)C1. The number of benzene rings is 1. The van der Waals surface area contributed by atoms with Crippen LogP contribution in [0.4, 0.5) is 0 Å². The lowest BCUT2D eigenvalue weighted by Gasteiger charge is -2.50. The van der Waals surface area contributed by atoms with Gasteiger partial charge in [-0.1, -0.05) is 37.3 Å². The van der Waals surface area contributed by atoms with Crippen LogP contribution in [0, 0.1) is 5.41 Å². The maximum absolute atomic E-state index is 12.7. The van der Waals surface area contributed by atoms with Crippen molar-refractivity contribution in [2.45, 2.75) is 38.7 Å². The van der Waals surface area contributed by atoms with Gasteiger partial charge in [-0.25, -0.2) is 0 Å². The highest BCUT2D eigenvalue weighted by atomic mass is 16.4. The van der Waals surface area contributed by atoms with Crippen LogP contribution in [0.15, 0.2) is 46.9 Å². The summed E-state index contributed by atoms with van der Waals surface area (Å²) in [5.41, 5.74) is 1.72. The number of nitrogens with zero attached hydrogens (tertiary/aromatic N) is 2. The fraction of sp³-hybridized carbons (Fsp3) is 0.522. The van der Waals surface area contributed by atoms with Gasteiger partial charge in [-0.15, -0.1) is 0 Å². The Hall–Kier alpha value is -2.11. The summed E-state index contributed by atoms with van der Waals surface area (Å²) in [6, 6.07) is 14.2. The number of furan rings is 1. The Morgan fingerprint density at radius 2 is 1.93 bits per heavy atom. The van der Waals surface area contributed by atoms with Gasteiger partial charge >= 0.3 is 0 Å². The molecule has 1 atom stereocenters. The van der Waals surface area contributed by atoms with Crippen LogP contribution in [-0.4, -0.2) is 53.5 Å². The van der Waals surface area contributed by atoms with Gasteiger partial charge in [0.2, 0.25) is 0 Å². The molecule has 0 bridgehead atoms. The molecule has 0 aliphatic carbocycles. The molecule has 2 aromatic rings. The van der Waals surface area contributed by atoms with E-state index in [1.807, 2.05) is 4.90 Å². The lowest BCUT2D eigenvalue weighted by atomic mass is 9.68. The molecule has 3 heterocycles. The van der Waals surface area contributed by atoms with E-state index in [1.54, 1.807) is 12.1 Å². The molecule has 28 heavy (non-hydrogen) atoms. The number of carbonyl (C=O) groups excluding carboxylic acids is 1. The number of rotatable bonds is 4. The van der Waals surface area contributed by atoms with E-state index >= 15 is 0 Å². The molecule has 150 valence electrons. The number of aliphatic hydroxyl groups excluding tert-OH is 1. The third-order valence-corrected chi connectivity index (χ3v) is 6.57. The number of likely N-dealkylation sites (tertiary alicyclic amines) is 2. The average Bonchev–Trinajstić information content (AvgIpc) is 3.23. The number of likely N-dealkylation sites (N-methyl/N-ethyl adjacent to an activating group) is 1. The van der Waals surface area contributed by atoms with Gasteiger partial charge in [-0.3, -0.25) is 4.79 Å². The molecule has 2 fully saturated rings. The molecule has 0 radical (unpaired) electrons. The molecule has 5 heteroatoms. The van der Waals surface area contributed by atoms with Gasteiger partial charge in [0.05, 0.1) is 0 Å². The highest BCUT2D eigenvalue weighted by molar-refractivity contribution is 5.91. The van der Waals surface area contributed by atoms with Gasteiger partial charge in [0.15, 0.2) is 5.76 Å². The Labute approximate surface area is 166 Å². The van der Waals surface area contributed by atoms with E-state index in [9.17, 15) is 4.79 Å². The van der Waals surface area contributed by atoms with Gasteiger partial charge in [-0.05, 0) is 54.8 Å². The second kappa shape index (κ2) is 8.10. The number of amides is 1. The molecule has 2 saturated heterocycles. The summed E-state index contributed by atoms with van der Waals surface area (Å²) in [6.07, 6.45) is 3.27. The molecule has 0 saturated carbocycles. The number of aliphatic hydroxyl groups is 1. The normalized spacial score (nSPS) is 22.5. The van der Waals surface area contributed by atoms with Crippen LogP contribution < -0.4 is 0 Å². The van der Waals surface area contributed by atoms with Crippen LogP contribution in [0.25, 0.3) is 0 Å². The van der Waals surface area contributed by atoms with Gasteiger partial charge in [0.1, 0.15) is 12.4 Å². The van der Waals surface area contributed by atoms with Crippen molar-refractivity contribution in [3.05, 3.63) is 59.5 Å². The summed E-state index contributed by atoms with van der Waals surface area (Å²) in [6.45, 7) is 6.94. The first kappa shape index (κ1) is 19.2. The molecule has 2 aliphatic heterocycles. The van der Waals surface area contributed by atoms with E-state index in [0.29, 0.717) is 17.4 Å². The molecule has 1 spiro atoms. The third-order valence-electron chi connectivity index (χ3n) is 6.57. The number of hydrogen-bond donors (Lipinski definition) is 1. The number of piperidine rings is 2. The van der Waals surface area contributed by atoms with E-state index in [2.05, 4.69) is 42.2 Å². The van der Waals surface area contributed by atoms with Gasteiger partial charge in [0.25, 0.3) is 5.91 Å². The van der Waals surface area contributed by atoms with Crippen LogP contribution in [-0.2, 0) is 6.61 Å². The van der Waals surface area contributed by atoms with Crippen molar-refractivity contribution >= 4 is 5.91 Å². The summed E-state index contributed by atoms with van der Waals surface area (Å²) >= 11 is 0. The minimum Gasteiger partial charge on any atom is -0.453 e. The Morgan fingerprint density at radius 3 is 2.57 bits per heavy atom. The van der Waals surface area contributed by atoms with Crippen molar-refractivity contribution in [1.29, 1.82) is 0 Å². The van der Waals surface area contributed by atoms with Crippen LogP contribution >= 0.6 is 0 Å². The molecule has 1 aromatic carbocycles. The fourth-order valence-corrected chi connectivity index (χ4v) is 4.97. The molecule has 1 N–H and O–H groups in total. The highest BCUT2D eigenvalue weighted by Gasteiger charge is 2.42. The zero-order valence-electron chi connectivity index (χ0n) is 16.6. The zero-order valence-corrected chi connectivity index (χ0v) is 16.6. The lowest BCUT2D eigenvalue weighted by Crippen LogP contribution is -2.52. The van der Waals surface area contributed by atoms with E-state index in [-0.39, 0.29) is 17.9 Å². The standard InChI is InChI=1S/C23H30N2O3/c1-2-24-15-19(18-6-4-3-5-7-18)14-23(17-24)10-12-25(13-11-23)22(27)21-9-8-20(16-26)28-21/h3-9,19,26H,2,10-17H2,1H3. The van der Waals surface area contributed by atoms with Crippen molar-refractivity contribution < 1.29 is 14.3 Å². The number of hydrogen-bond acceptors (Lipinski definition) is 4. The first-order valence-electron chi connectivity index (χ1n) is 10.4. The summed E-state index contributed by atoms with van der Waals surface area (Å²) in [4.78, 5) is 17.2. The number of carbonyl (C=O) groups is 1. The van der Waals surface area contributed by atoms with E-state index in [1.165, 1.54) is 12.0 Å². The van der Waals surface area contributed by atoms with Crippen molar-refractivity contribution in [3.63, 3.8) is 0 Å². The van der Waals surface area contributed by atoms with E-state index in [4.69, 9.17) is 9.52 Å². The van der Waals surface area contributed by atoms with Crippen molar-refractivity contribution in [2.75, 3.05) is 32.7 Å². The fourth-order valence-electron chi connectivity index (χ4n) is 4.97. The van der Waals surface area contributed by atoms with Gasteiger partial charge in [0, 0.05) is 26.2 Å². The minimum absolute atomic E-state index is 0.0580. The summed E-state index contributed by atoms with van der Waals surface area (Å²) < 4.78 is 5.44. The zero-order chi connectivity index (χ0) is 19.6. The quantitative estimate of drug-likeness (QED) is 0.879. The van der Waals surface area contributed by atoms with Crippen molar-refractivity contribution in [2.24, 2.45) is 5.41 Å². The second-order valence-corrected chi connectivity index (χ2v) is 8.36. The Kier molecular flexibility index (Phi) is 5.56. The third kappa shape index (κ3) is 3.87. The Bertz CT molecular complexity index is 793. The molecule has 5 nitrogen and oxygen atoms in total. The predicted octanol–water partition coefficient (Wildman–Crippen LogP) is 3.50. The molecule has 1 amide bonds. The topological polar surface area (TPSA) is 56.9 Å². The van der Waals surface area contributed by atoms with E-state index < -0.39 is 0 Å². The maximum Gasteiger partial charge on any atom is 0.289 e. The smallest absolute Gasteiger partial charge is 0.289 e. The Balaban J connectivity index is 1.45. The van der Waals surface area contributed by atoms with E-state index in [0.717, 1.165) is 45.6 Å². The molecule has 2 aliphatic rings. The maximum atomic E-state index is 12.7. The van der Waals surface area contributed by atoms with Crippen LogP contribution in [0.2, 0.25) is 0 Å². The van der Waals surface area contributed by atoms with Crippen LogP contribution in [0.1, 0.15) is 54.0 Å². The molecule has 1 aromatic heterocycles. The first-order chi connectivity index (χ1) is 13.6. The predicted molar refractivity (Wildman–Crippen MR) is 108 cm³/mol. The van der Waals surface area contributed by atoms with Crippen molar-refractivity contribution in [3.8, 4) is 0 Å². The minimum atomic E-state index is -0.176. The molecular formula is C23H30N2O3. The summed E-state index contributed by atoms with van der Waals surface area (Å²) in [7, 11) is 0. The highest BCUT2D eigenvalue weighted by Crippen LogP contribution is 2.45. The monoisotopic (exact) mass is 382 g/mol.